The lowest BCUT2D eigenvalue weighted by Crippen LogP contribution is -2.49. The second-order valence-corrected chi connectivity index (χ2v) is 7.17. The Kier molecular flexibility index (Phi) is 4.72. The van der Waals surface area contributed by atoms with Crippen molar-refractivity contribution in [3.8, 4) is 0 Å². The van der Waals surface area contributed by atoms with Gasteiger partial charge in [0, 0.05) is 44.2 Å². The molecule has 0 N–H and O–H groups in total. The van der Waals surface area contributed by atoms with Crippen LogP contribution in [0, 0.1) is 17.6 Å². The number of rotatable bonds is 4. The number of carbonyl (C=O) groups excluding carboxylic acids is 1. The summed E-state index contributed by atoms with van der Waals surface area (Å²) in [5.74, 6) is -0.894. The Balaban J connectivity index is 1.30. The standard InChI is InChI=1S/C21H22F2N2O/c22-19-8-4-7-16(20(19)23)14-24-9-11-25(12-10-24)21(26)18-13-17(18)15-5-2-1-3-6-15/h1-8,17-18H,9-14H2. The summed E-state index contributed by atoms with van der Waals surface area (Å²) in [4.78, 5) is 16.7. The Labute approximate surface area is 152 Å². The van der Waals surface area contributed by atoms with E-state index in [0.717, 1.165) is 12.5 Å². The molecule has 0 radical (unpaired) electrons. The molecule has 2 aromatic rings. The minimum atomic E-state index is -0.808. The van der Waals surface area contributed by atoms with Crippen LogP contribution in [0.3, 0.4) is 0 Å². The number of piperazine rings is 1. The molecule has 4 rings (SSSR count). The number of benzene rings is 2. The fourth-order valence-electron chi connectivity index (χ4n) is 3.81. The predicted molar refractivity (Wildman–Crippen MR) is 95.5 cm³/mol. The molecule has 2 fully saturated rings. The molecule has 1 aliphatic heterocycles. The third-order valence-corrected chi connectivity index (χ3v) is 5.44. The van der Waals surface area contributed by atoms with Crippen LogP contribution in [0.1, 0.15) is 23.5 Å². The van der Waals surface area contributed by atoms with Gasteiger partial charge in [0.2, 0.25) is 5.91 Å². The fraction of sp³-hybridized carbons (Fsp3) is 0.381. The molecule has 1 saturated heterocycles. The van der Waals surface area contributed by atoms with Crippen molar-refractivity contribution in [2.24, 2.45) is 5.92 Å². The quantitative estimate of drug-likeness (QED) is 0.838. The Morgan fingerprint density at radius 2 is 1.69 bits per heavy atom. The molecule has 3 nitrogen and oxygen atoms in total. The number of halogens is 2. The Bertz CT molecular complexity index is 788. The van der Waals surface area contributed by atoms with Crippen LogP contribution in [0.2, 0.25) is 0 Å². The summed E-state index contributed by atoms with van der Waals surface area (Å²) in [6.45, 7) is 3.04. The fourth-order valence-corrected chi connectivity index (χ4v) is 3.81. The van der Waals surface area contributed by atoms with Crippen LogP contribution in [0.5, 0.6) is 0 Å². The summed E-state index contributed by atoms with van der Waals surface area (Å²) in [7, 11) is 0. The van der Waals surface area contributed by atoms with Gasteiger partial charge in [-0.2, -0.15) is 0 Å². The molecule has 1 heterocycles. The van der Waals surface area contributed by atoms with Crippen LogP contribution in [0.25, 0.3) is 0 Å². The molecule has 2 unspecified atom stereocenters. The van der Waals surface area contributed by atoms with E-state index in [0.29, 0.717) is 44.2 Å². The summed E-state index contributed by atoms with van der Waals surface area (Å²) in [6, 6.07) is 14.5. The molecular weight excluding hydrogens is 334 g/mol. The number of carbonyl (C=O) groups is 1. The summed E-state index contributed by atoms with van der Waals surface area (Å²) in [6.07, 6.45) is 0.928. The smallest absolute Gasteiger partial charge is 0.226 e. The molecule has 136 valence electrons. The molecule has 1 aliphatic carbocycles. The van der Waals surface area contributed by atoms with E-state index in [-0.39, 0.29) is 11.8 Å². The Hall–Kier alpha value is -2.27. The summed E-state index contributed by atoms with van der Waals surface area (Å²) >= 11 is 0. The van der Waals surface area contributed by atoms with Crippen LogP contribution in [0.15, 0.2) is 48.5 Å². The van der Waals surface area contributed by atoms with Gasteiger partial charge in [0.15, 0.2) is 11.6 Å². The topological polar surface area (TPSA) is 23.6 Å². The average Bonchev–Trinajstić information content (AvgIpc) is 3.47. The molecule has 0 aromatic heterocycles. The molecule has 0 bridgehead atoms. The normalized spacial score (nSPS) is 23.1. The second-order valence-electron chi connectivity index (χ2n) is 7.17. The van der Waals surface area contributed by atoms with Gasteiger partial charge < -0.3 is 4.90 Å². The first-order valence-corrected chi connectivity index (χ1v) is 9.12. The van der Waals surface area contributed by atoms with Crippen LogP contribution in [-0.2, 0) is 11.3 Å². The van der Waals surface area contributed by atoms with Gasteiger partial charge in [0.25, 0.3) is 0 Å². The molecule has 2 aromatic carbocycles. The van der Waals surface area contributed by atoms with E-state index in [1.165, 1.54) is 11.6 Å². The minimum Gasteiger partial charge on any atom is -0.340 e. The highest BCUT2D eigenvalue weighted by Gasteiger charge is 2.45. The van der Waals surface area contributed by atoms with E-state index < -0.39 is 11.6 Å². The van der Waals surface area contributed by atoms with Crippen molar-refractivity contribution in [3.05, 3.63) is 71.3 Å². The lowest BCUT2D eigenvalue weighted by Gasteiger charge is -2.35. The third kappa shape index (κ3) is 3.49. The first-order chi connectivity index (χ1) is 12.6. The maximum absolute atomic E-state index is 13.8. The lowest BCUT2D eigenvalue weighted by molar-refractivity contribution is -0.134. The Morgan fingerprint density at radius 3 is 2.42 bits per heavy atom. The average molecular weight is 356 g/mol. The van der Waals surface area contributed by atoms with Gasteiger partial charge in [0.1, 0.15) is 0 Å². The number of nitrogens with zero attached hydrogens (tertiary/aromatic N) is 2. The van der Waals surface area contributed by atoms with Gasteiger partial charge in [-0.15, -0.1) is 0 Å². The molecule has 2 aliphatic rings. The van der Waals surface area contributed by atoms with E-state index in [4.69, 9.17) is 0 Å². The zero-order valence-electron chi connectivity index (χ0n) is 14.6. The molecule has 2 atom stereocenters. The maximum atomic E-state index is 13.8. The van der Waals surface area contributed by atoms with E-state index >= 15 is 0 Å². The lowest BCUT2D eigenvalue weighted by atomic mass is 10.1. The molecular formula is C21H22F2N2O. The number of hydrogen-bond donors (Lipinski definition) is 0. The molecule has 1 amide bonds. The molecule has 1 saturated carbocycles. The highest BCUT2D eigenvalue weighted by Crippen LogP contribution is 2.48. The highest BCUT2D eigenvalue weighted by atomic mass is 19.2. The maximum Gasteiger partial charge on any atom is 0.226 e. The predicted octanol–water partition coefficient (Wildman–Crippen LogP) is 3.41. The van der Waals surface area contributed by atoms with Gasteiger partial charge in [-0.25, -0.2) is 8.78 Å². The first-order valence-electron chi connectivity index (χ1n) is 9.12. The van der Waals surface area contributed by atoms with Crippen LogP contribution in [0.4, 0.5) is 8.78 Å². The van der Waals surface area contributed by atoms with Crippen molar-refractivity contribution in [3.63, 3.8) is 0 Å². The van der Waals surface area contributed by atoms with Gasteiger partial charge in [-0.3, -0.25) is 9.69 Å². The zero-order chi connectivity index (χ0) is 18.1. The van der Waals surface area contributed by atoms with Gasteiger partial charge in [-0.05, 0) is 24.0 Å². The van der Waals surface area contributed by atoms with Crippen molar-refractivity contribution in [1.82, 2.24) is 9.80 Å². The number of hydrogen-bond acceptors (Lipinski definition) is 2. The molecule has 26 heavy (non-hydrogen) atoms. The van der Waals surface area contributed by atoms with E-state index in [1.54, 1.807) is 6.07 Å². The van der Waals surface area contributed by atoms with Crippen molar-refractivity contribution >= 4 is 5.91 Å². The minimum absolute atomic E-state index is 0.101. The number of amides is 1. The molecule has 0 spiro atoms. The first kappa shape index (κ1) is 17.2. The van der Waals surface area contributed by atoms with E-state index in [9.17, 15) is 13.6 Å². The van der Waals surface area contributed by atoms with E-state index in [2.05, 4.69) is 17.0 Å². The summed E-state index contributed by atoms with van der Waals surface area (Å²) < 4.78 is 27.1. The second kappa shape index (κ2) is 7.16. The monoisotopic (exact) mass is 356 g/mol. The Morgan fingerprint density at radius 1 is 0.962 bits per heavy atom. The largest absolute Gasteiger partial charge is 0.340 e. The van der Waals surface area contributed by atoms with Crippen molar-refractivity contribution in [1.29, 1.82) is 0 Å². The van der Waals surface area contributed by atoms with Crippen molar-refractivity contribution < 1.29 is 13.6 Å². The van der Waals surface area contributed by atoms with Gasteiger partial charge in [-0.1, -0.05) is 42.5 Å². The van der Waals surface area contributed by atoms with Crippen molar-refractivity contribution in [2.75, 3.05) is 26.2 Å². The SMILES string of the molecule is O=C(C1CC1c1ccccc1)N1CCN(Cc2cccc(F)c2F)CC1. The molecule has 5 heteroatoms. The van der Waals surface area contributed by atoms with E-state index in [1.807, 2.05) is 23.1 Å². The third-order valence-electron chi connectivity index (χ3n) is 5.44. The zero-order valence-corrected chi connectivity index (χ0v) is 14.6. The van der Waals surface area contributed by atoms with Gasteiger partial charge in [0.05, 0.1) is 0 Å². The van der Waals surface area contributed by atoms with Crippen LogP contribution >= 0.6 is 0 Å². The van der Waals surface area contributed by atoms with Gasteiger partial charge >= 0.3 is 0 Å². The van der Waals surface area contributed by atoms with Crippen LogP contribution < -0.4 is 0 Å². The van der Waals surface area contributed by atoms with Crippen LogP contribution in [-0.4, -0.2) is 41.9 Å². The summed E-state index contributed by atoms with van der Waals surface area (Å²) in [5, 5.41) is 0. The highest BCUT2D eigenvalue weighted by molar-refractivity contribution is 5.83. The van der Waals surface area contributed by atoms with Crippen molar-refractivity contribution in [2.45, 2.75) is 18.9 Å². The summed E-state index contributed by atoms with van der Waals surface area (Å²) in [5.41, 5.74) is 1.61.